The van der Waals surface area contributed by atoms with Crippen molar-refractivity contribution in [1.29, 1.82) is 0 Å². The lowest BCUT2D eigenvalue weighted by molar-refractivity contribution is -0.00518. The molecule has 0 aliphatic heterocycles. The van der Waals surface area contributed by atoms with E-state index in [0.29, 0.717) is 11.4 Å². The Balaban J connectivity index is 1.35. The SMILES string of the molecule is Cc1cc(Br)ccc1N=Cc1c(O)n(-c2ccc(C34CC5CC(CC(C5)C3)C4)cc2)c(=O)[nH]c1=O. The number of H-pyrrole nitrogens is 1. The smallest absolute Gasteiger partial charge is 0.335 e. The predicted molar refractivity (Wildman–Crippen MR) is 140 cm³/mol. The maximum Gasteiger partial charge on any atom is 0.335 e. The highest BCUT2D eigenvalue weighted by atomic mass is 79.9. The number of aromatic nitrogens is 2. The minimum Gasteiger partial charge on any atom is -0.493 e. The zero-order valence-corrected chi connectivity index (χ0v) is 21.2. The lowest BCUT2D eigenvalue weighted by Crippen LogP contribution is -2.48. The van der Waals surface area contributed by atoms with Crippen LogP contribution < -0.4 is 11.2 Å². The molecule has 35 heavy (non-hydrogen) atoms. The summed E-state index contributed by atoms with van der Waals surface area (Å²) >= 11 is 3.42. The fraction of sp³-hybridized carbons (Fsp3) is 0.393. The van der Waals surface area contributed by atoms with E-state index in [-0.39, 0.29) is 11.0 Å². The number of halogens is 1. The van der Waals surface area contributed by atoms with Crippen molar-refractivity contribution in [3.05, 3.63) is 84.5 Å². The average Bonchev–Trinajstić information content (AvgIpc) is 2.79. The van der Waals surface area contributed by atoms with Gasteiger partial charge in [0, 0.05) is 10.7 Å². The van der Waals surface area contributed by atoms with Crippen molar-refractivity contribution >= 4 is 27.8 Å². The molecule has 1 aromatic heterocycles. The first-order chi connectivity index (χ1) is 16.8. The van der Waals surface area contributed by atoms with E-state index in [0.717, 1.165) is 32.4 Å². The van der Waals surface area contributed by atoms with E-state index in [2.05, 4.69) is 38.0 Å². The van der Waals surface area contributed by atoms with E-state index < -0.39 is 17.1 Å². The van der Waals surface area contributed by atoms with Gasteiger partial charge < -0.3 is 5.11 Å². The Bertz CT molecular complexity index is 1420. The van der Waals surface area contributed by atoms with Crippen molar-refractivity contribution in [2.75, 3.05) is 0 Å². The Morgan fingerprint density at radius 2 is 1.66 bits per heavy atom. The molecule has 0 spiro atoms. The first-order valence-corrected chi connectivity index (χ1v) is 13.1. The number of aromatic hydroxyl groups is 1. The zero-order chi connectivity index (χ0) is 24.3. The predicted octanol–water partition coefficient (Wildman–Crippen LogP) is 5.52. The molecule has 0 amide bonds. The molecule has 4 fully saturated rings. The quantitative estimate of drug-likeness (QED) is 0.432. The van der Waals surface area contributed by atoms with Crippen LogP contribution in [-0.4, -0.2) is 20.9 Å². The average molecular weight is 534 g/mol. The van der Waals surface area contributed by atoms with E-state index in [1.165, 1.54) is 50.3 Å². The van der Waals surface area contributed by atoms with Gasteiger partial charge in [0.05, 0.1) is 11.4 Å². The molecule has 4 saturated carbocycles. The number of nitrogens with zero attached hydrogens (tertiary/aromatic N) is 2. The van der Waals surface area contributed by atoms with E-state index in [9.17, 15) is 14.7 Å². The van der Waals surface area contributed by atoms with Crippen LogP contribution in [0, 0.1) is 24.7 Å². The van der Waals surface area contributed by atoms with Gasteiger partial charge >= 0.3 is 5.69 Å². The van der Waals surface area contributed by atoms with Crippen molar-refractivity contribution in [2.45, 2.75) is 50.9 Å². The molecule has 0 saturated heterocycles. The molecule has 0 unspecified atom stereocenters. The molecule has 4 bridgehead atoms. The van der Waals surface area contributed by atoms with Crippen LogP contribution in [0.5, 0.6) is 5.88 Å². The lowest BCUT2D eigenvalue weighted by Gasteiger charge is -2.57. The fourth-order valence-corrected chi connectivity index (χ4v) is 7.70. The molecular formula is C28H28BrN3O3. The van der Waals surface area contributed by atoms with Crippen LogP contribution in [0.1, 0.15) is 55.2 Å². The van der Waals surface area contributed by atoms with Gasteiger partial charge in [0.2, 0.25) is 5.88 Å². The highest BCUT2D eigenvalue weighted by Crippen LogP contribution is 2.60. The van der Waals surface area contributed by atoms with Crippen LogP contribution in [-0.2, 0) is 5.41 Å². The second-order valence-corrected chi connectivity index (χ2v) is 11.7. The van der Waals surface area contributed by atoms with Gasteiger partial charge in [0.15, 0.2) is 0 Å². The number of hydrogen-bond acceptors (Lipinski definition) is 4. The largest absolute Gasteiger partial charge is 0.493 e. The van der Waals surface area contributed by atoms with Crippen LogP contribution in [0.2, 0.25) is 0 Å². The highest BCUT2D eigenvalue weighted by Gasteiger charge is 2.51. The zero-order valence-electron chi connectivity index (χ0n) is 19.6. The van der Waals surface area contributed by atoms with Gasteiger partial charge in [0.1, 0.15) is 5.56 Å². The minimum atomic E-state index is -0.674. The molecular weight excluding hydrogens is 506 g/mol. The third kappa shape index (κ3) is 3.90. The lowest BCUT2D eigenvalue weighted by atomic mass is 9.48. The number of aromatic amines is 1. The Morgan fingerprint density at radius 1 is 1.03 bits per heavy atom. The van der Waals surface area contributed by atoms with E-state index in [4.69, 9.17) is 0 Å². The standard InChI is InChI=1S/C28H28BrN3O3/c1-16-8-21(29)4-7-24(16)30-15-23-25(33)31-27(35)32(26(23)34)22-5-2-20(3-6-22)28-12-17-9-18(13-28)11-19(10-17)14-28/h2-8,15,17-19,34H,9-14H2,1H3,(H,31,33,35). The van der Waals surface area contributed by atoms with Crippen LogP contribution in [0.15, 0.2) is 61.5 Å². The summed E-state index contributed by atoms with van der Waals surface area (Å²) in [5, 5.41) is 10.9. The van der Waals surface area contributed by atoms with E-state index >= 15 is 0 Å². The van der Waals surface area contributed by atoms with Gasteiger partial charge in [-0.05, 0) is 110 Å². The summed E-state index contributed by atoms with van der Waals surface area (Å²) in [6.07, 6.45) is 9.27. The molecule has 2 aromatic carbocycles. The van der Waals surface area contributed by atoms with Crippen molar-refractivity contribution in [3.8, 4) is 11.6 Å². The van der Waals surface area contributed by atoms with Crippen LogP contribution in [0.4, 0.5) is 5.69 Å². The number of aryl methyl sites for hydroxylation is 1. The third-order valence-electron chi connectivity index (χ3n) is 8.39. The van der Waals surface area contributed by atoms with Crippen molar-refractivity contribution in [2.24, 2.45) is 22.7 Å². The van der Waals surface area contributed by atoms with Crippen LogP contribution in [0.25, 0.3) is 5.69 Å². The summed E-state index contributed by atoms with van der Waals surface area (Å²) in [6, 6.07) is 13.6. The number of aliphatic imine (C=N–C) groups is 1. The summed E-state index contributed by atoms with van der Waals surface area (Å²) in [4.78, 5) is 31.9. The van der Waals surface area contributed by atoms with Gasteiger partial charge in [-0.3, -0.25) is 14.8 Å². The Labute approximate surface area is 211 Å². The molecule has 4 aliphatic rings. The van der Waals surface area contributed by atoms with E-state index in [1.54, 1.807) is 0 Å². The van der Waals surface area contributed by atoms with E-state index in [1.807, 2.05) is 37.3 Å². The van der Waals surface area contributed by atoms with Crippen LogP contribution >= 0.6 is 15.9 Å². The van der Waals surface area contributed by atoms with Gasteiger partial charge in [-0.15, -0.1) is 0 Å². The summed E-state index contributed by atoms with van der Waals surface area (Å²) in [5.74, 6) is 2.13. The van der Waals surface area contributed by atoms with Gasteiger partial charge in [-0.2, -0.15) is 0 Å². The van der Waals surface area contributed by atoms with Gasteiger partial charge in [0.25, 0.3) is 5.56 Å². The normalized spacial score (nSPS) is 27.1. The minimum absolute atomic E-state index is 0.0583. The maximum absolute atomic E-state index is 12.7. The molecule has 0 atom stereocenters. The van der Waals surface area contributed by atoms with Crippen molar-refractivity contribution < 1.29 is 5.11 Å². The first kappa shape index (κ1) is 22.5. The Morgan fingerprint density at radius 3 is 2.26 bits per heavy atom. The molecule has 1 heterocycles. The molecule has 6 nitrogen and oxygen atoms in total. The summed E-state index contributed by atoms with van der Waals surface area (Å²) in [7, 11) is 0. The molecule has 4 aliphatic carbocycles. The first-order valence-electron chi connectivity index (χ1n) is 12.3. The second kappa shape index (κ2) is 8.33. The number of nitrogens with one attached hydrogen (secondary N) is 1. The second-order valence-electron chi connectivity index (χ2n) is 10.8. The highest BCUT2D eigenvalue weighted by molar-refractivity contribution is 9.10. The summed E-state index contributed by atoms with van der Waals surface area (Å²) in [5.41, 5.74) is 2.30. The Kier molecular flexibility index (Phi) is 5.36. The number of hydrogen-bond donors (Lipinski definition) is 2. The topological polar surface area (TPSA) is 87.4 Å². The Hall–Kier alpha value is -2.93. The number of rotatable bonds is 4. The monoisotopic (exact) mass is 533 g/mol. The maximum atomic E-state index is 12.7. The van der Waals surface area contributed by atoms with Crippen molar-refractivity contribution in [1.82, 2.24) is 9.55 Å². The van der Waals surface area contributed by atoms with Gasteiger partial charge in [-0.1, -0.05) is 28.1 Å². The fourth-order valence-electron chi connectivity index (χ4n) is 7.22. The molecule has 7 heteroatoms. The molecule has 3 aromatic rings. The van der Waals surface area contributed by atoms with Crippen molar-refractivity contribution in [3.63, 3.8) is 0 Å². The van der Waals surface area contributed by atoms with Crippen LogP contribution in [0.3, 0.4) is 0 Å². The molecule has 0 radical (unpaired) electrons. The third-order valence-corrected chi connectivity index (χ3v) is 8.88. The summed E-state index contributed by atoms with van der Waals surface area (Å²) in [6.45, 7) is 1.91. The molecule has 2 N–H and O–H groups in total. The van der Waals surface area contributed by atoms with Gasteiger partial charge in [-0.25, -0.2) is 9.36 Å². The number of benzene rings is 2. The summed E-state index contributed by atoms with van der Waals surface area (Å²) < 4.78 is 2.07. The molecule has 7 rings (SSSR count). The molecule has 180 valence electrons.